The third-order valence-corrected chi connectivity index (χ3v) is 5.95. The Morgan fingerprint density at radius 3 is 2.28 bits per heavy atom. The first-order valence-electron chi connectivity index (χ1n) is 10.5. The van der Waals surface area contributed by atoms with Gasteiger partial charge in [-0.3, -0.25) is 4.79 Å². The minimum Gasteiger partial charge on any atom is -0.493 e. The number of anilines is 1. The molecule has 0 atom stereocenters. The molecule has 1 saturated heterocycles. The van der Waals surface area contributed by atoms with Gasteiger partial charge in [0.2, 0.25) is 5.75 Å². The number of ether oxygens (including phenoxy) is 3. The second-order valence-corrected chi connectivity index (χ2v) is 7.97. The van der Waals surface area contributed by atoms with Gasteiger partial charge in [0.15, 0.2) is 11.5 Å². The lowest BCUT2D eigenvalue weighted by Crippen LogP contribution is -2.39. The van der Waals surface area contributed by atoms with Gasteiger partial charge in [-0.2, -0.15) is 5.10 Å². The Kier molecular flexibility index (Phi) is 6.85. The van der Waals surface area contributed by atoms with Crippen LogP contribution in [0.4, 0.5) is 5.69 Å². The average Bonchev–Trinajstić information content (AvgIpc) is 2.83. The Labute approximate surface area is 192 Å². The molecular formula is C24H26ClN3O4. The molecule has 7 nitrogen and oxygen atoms in total. The molecule has 8 heteroatoms. The van der Waals surface area contributed by atoms with E-state index < -0.39 is 0 Å². The summed E-state index contributed by atoms with van der Waals surface area (Å²) < 4.78 is 18.5. The first-order chi connectivity index (χ1) is 15.6. The zero-order valence-electron chi connectivity index (χ0n) is 18.2. The first kappa shape index (κ1) is 22.0. The fraction of sp³-hybridized carbons (Fsp3) is 0.333. The second kappa shape index (κ2) is 9.96. The molecule has 0 saturated carbocycles. The number of methoxy groups -OCH3 is 2. The number of halogens is 1. The molecule has 1 aliphatic rings. The predicted molar refractivity (Wildman–Crippen MR) is 124 cm³/mol. The van der Waals surface area contributed by atoms with Gasteiger partial charge >= 0.3 is 0 Å². The monoisotopic (exact) mass is 455 g/mol. The van der Waals surface area contributed by atoms with Crippen LogP contribution in [0.25, 0.3) is 0 Å². The lowest BCUT2D eigenvalue weighted by molar-refractivity contribution is 0.158. The fourth-order valence-corrected chi connectivity index (χ4v) is 4.13. The molecule has 168 valence electrons. The van der Waals surface area contributed by atoms with Crippen LogP contribution in [0.15, 0.2) is 59.5 Å². The Balaban J connectivity index is 1.44. The molecule has 0 bridgehead atoms. The molecule has 0 spiro atoms. The number of piperidine rings is 1. The number of rotatable bonds is 7. The second-order valence-electron chi connectivity index (χ2n) is 7.59. The van der Waals surface area contributed by atoms with Crippen LogP contribution in [0.5, 0.6) is 17.2 Å². The van der Waals surface area contributed by atoms with Crippen LogP contribution in [0.2, 0.25) is 5.02 Å². The molecule has 1 fully saturated rings. The molecule has 1 aromatic heterocycles. The van der Waals surface area contributed by atoms with Gasteiger partial charge in [0, 0.05) is 25.9 Å². The van der Waals surface area contributed by atoms with Crippen molar-refractivity contribution in [3.63, 3.8) is 0 Å². The highest BCUT2D eigenvalue weighted by Gasteiger charge is 2.25. The van der Waals surface area contributed by atoms with Gasteiger partial charge in [-0.15, -0.1) is 0 Å². The van der Waals surface area contributed by atoms with E-state index in [0.717, 1.165) is 18.4 Å². The van der Waals surface area contributed by atoms with E-state index in [1.807, 2.05) is 48.5 Å². The van der Waals surface area contributed by atoms with Crippen molar-refractivity contribution < 1.29 is 14.2 Å². The summed E-state index contributed by atoms with van der Waals surface area (Å²) in [6.07, 6.45) is 3.22. The van der Waals surface area contributed by atoms with Crippen molar-refractivity contribution in [1.29, 1.82) is 0 Å². The molecule has 1 aliphatic heterocycles. The van der Waals surface area contributed by atoms with Crippen molar-refractivity contribution in [3.05, 3.63) is 75.7 Å². The highest BCUT2D eigenvalue weighted by Crippen LogP contribution is 2.38. The van der Waals surface area contributed by atoms with E-state index in [1.54, 1.807) is 20.4 Å². The van der Waals surface area contributed by atoms with Crippen molar-refractivity contribution in [2.45, 2.75) is 25.5 Å². The SMILES string of the molecule is COc1cccc(OC)c1OC1CCN(c2cnn(Cc3ccccc3)c(=O)c2Cl)CC1. The van der Waals surface area contributed by atoms with Gasteiger partial charge in [-0.05, 0) is 17.7 Å². The highest BCUT2D eigenvalue weighted by atomic mass is 35.5. The molecule has 0 radical (unpaired) electrons. The van der Waals surface area contributed by atoms with Gasteiger partial charge in [-0.1, -0.05) is 48.0 Å². The van der Waals surface area contributed by atoms with Crippen molar-refractivity contribution in [2.24, 2.45) is 0 Å². The van der Waals surface area contributed by atoms with Crippen molar-refractivity contribution in [1.82, 2.24) is 9.78 Å². The summed E-state index contributed by atoms with van der Waals surface area (Å²) in [6.45, 7) is 1.79. The number of hydrogen-bond donors (Lipinski definition) is 0. The fourth-order valence-electron chi connectivity index (χ4n) is 3.86. The van der Waals surface area contributed by atoms with E-state index in [4.69, 9.17) is 25.8 Å². The zero-order chi connectivity index (χ0) is 22.5. The van der Waals surface area contributed by atoms with Crippen LogP contribution in [0.1, 0.15) is 18.4 Å². The van der Waals surface area contributed by atoms with Crippen molar-refractivity contribution in [2.75, 3.05) is 32.2 Å². The van der Waals surface area contributed by atoms with Crippen LogP contribution in [-0.4, -0.2) is 43.2 Å². The van der Waals surface area contributed by atoms with Crippen LogP contribution in [0.3, 0.4) is 0 Å². The van der Waals surface area contributed by atoms with Crippen molar-refractivity contribution >= 4 is 17.3 Å². The Hall–Kier alpha value is -3.19. The van der Waals surface area contributed by atoms with Crippen LogP contribution in [0, 0.1) is 0 Å². The van der Waals surface area contributed by atoms with E-state index in [-0.39, 0.29) is 16.7 Å². The molecule has 0 aliphatic carbocycles. The maximum atomic E-state index is 12.8. The zero-order valence-corrected chi connectivity index (χ0v) is 18.9. The Bertz CT molecular complexity index is 1090. The van der Waals surface area contributed by atoms with Crippen LogP contribution >= 0.6 is 11.6 Å². The molecule has 4 rings (SSSR count). The average molecular weight is 456 g/mol. The summed E-state index contributed by atoms with van der Waals surface area (Å²) in [7, 11) is 3.22. The van der Waals surface area contributed by atoms with Gasteiger partial charge in [0.25, 0.3) is 5.56 Å². The summed E-state index contributed by atoms with van der Waals surface area (Å²) in [6, 6.07) is 15.3. The van der Waals surface area contributed by atoms with E-state index >= 15 is 0 Å². The first-order valence-corrected chi connectivity index (χ1v) is 10.9. The van der Waals surface area contributed by atoms with Crippen molar-refractivity contribution in [3.8, 4) is 17.2 Å². The van der Waals surface area contributed by atoms with E-state index in [9.17, 15) is 4.79 Å². The molecule has 32 heavy (non-hydrogen) atoms. The van der Waals surface area contributed by atoms with E-state index in [1.165, 1.54) is 4.68 Å². The number of aromatic nitrogens is 2. The predicted octanol–water partition coefficient (Wildman–Crippen LogP) is 4.01. The Morgan fingerprint density at radius 1 is 1.00 bits per heavy atom. The topological polar surface area (TPSA) is 65.8 Å². The summed E-state index contributed by atoms with van der Waals surface area (Å²) in [5.41, 5.74) is 1.37. The molecule has 2 heterocycles. The van der Waals surface area contributed by atoms with Gasteiger partial charge in [0.1, 0.15) is 11.1 Å². The molecular weight excluding hydrogens is 430 g/mol. The Morgan fingerprint density at radius 2 is 1.66 bits per heavy atom. The summed E-state index contributed by atoms with van der Waals surface area (Å²) >= 11 is 6.46. The number of nitrogens with zero attached hydrogens (tertiary/aromatic N) is 3. The number of hydrogen-bond acceptors (Lipinski definition) is 6. The van der Waals surface area contributed by atoms with Gasteiger partial charge in [0.05, 0.1) is 32.6 Å². The maximum Gasteiger partial charge on any atom is 0.287 e. The molecule has 3 aromatic rings. The number of benzene rings is 2. The quantitative estimate of drug-likeness (QED) is 0.536. The van der Waals surface area contributed by atoms with Gasteiger partial charge in [-0.25, -0.2) is 4.68 Å². The summed E-state index contributed by atoms with van der Waals surface area (Å²) in [5.74, 6) is 1.89. The summed E-state index contributed by atoms with van der Waals surface area (Å²) in [4.78, 5) is 14.9. The smallest absolute Gasteiger partial charge is 0.287 e. The largest absolute Gasteiger partial charge is 0.493 e. The lowest BCUT2D eigenvalue weighted by atomic mass is 10.1. The van der Waals surface area contributed by atoms with E-state index in [2.05, 4.69) is 10.00 Å². The normalized spacial score (nSPS) is 14.3. The number of para-hydroxylation sites is 1. The summed E-state index contributed by atoms with van der Waals surface area (Å²) in [5, 5.41) is 4.55. The standard InChI is InChI=1S/C24H26ClN3O4/c1-30-20-9-6-10-21(31-2)23(20)32-18-11-13-27(14-12-18)19-15-26-28(24(29)22(19)25)16-17-7-4-3-5-8-17/h3-10,15,18H,11-14,16H2,1-2H3. The third-order valence-electron chi connectivity index (χ3n) is 5.59. The molecule has 0 unspecified atom stereocenters. The third kappa shape index (κ3) is 4.67. The van der Waals surface area contributed by atoms with Crippen LogP contribution in [-0.2, 0) is 6.54 Å². The maximum absolute atomic E-state index is 12.8. The minimum atomic E-state index is -0.287. The lowest BCUT2D eigenvalue weighted by Gasteiger charge is -2.34. The molecule has 2 aromatic carbocycles. The van der Waals surface area contributed by atoms with E-state index in [0.29, 0.717) is 42.6 Å². The minimum absolute atomic E-state index is 0.00151. The highest BCUT2D eigenvalue weighted by molar-refractivity contribution is 6.33. The molecule has 0 N–H and O–H groups in total. The van der Waals surface area contributed by atoms with Gasteiger partial charge < -0.3 is 19.1 Å². The molecule has 0 amide bonds. The van der Waals surface area contributed by atoms with Crippen LogP contribution < -0.4 is 24.7 Å².